The van der Waals surface area contributed by atoms with Crippen LogP contribution in [0.4, 0.5) is 5.13 Å². The molecule has 0 radical (unpaired) electrons. The van der Waals surface area contributed by atoms with Crippen LogP contribution >= 0.6 is 11.3 Å². The van der Waals surface area contributed by atoms with E-state index in [0.717, 1.165) is 31.4 Å². The van der Waals surface area contributed by atoms with E-state index in [9.17, 15) is 22.8 Å². The van der Waals surface area contributed by atoms with Crippen LogP contribution in [0.15, 0.2) is 46.2 Å². The SMILES string of the molecule is CC(C)(C)c1csc(N[C@H]2CCCCC/C=C\[C@H]3C[C@@]3(C(=O)NS(=O)(=O)C3(C)CC3)NC(=O)[C@@H]3C[C@@H](Oc4nc5ccccc5o4)CN3C2=O)n1. The Hall–Kier alpha value is -3.98. The third kappa shape index (κ3) is 7.24. The van der Waals surface area contributed by atoms with Gasteiger partial charge in [0.05, 0.1) is 17.0 Å². The molecular weight excluding hydrogens is 693 g/mol. The van der Waals surface area contributed by atoms with Gasteiger partial charge in [-0.05, 0) is 57.6 Å². The van der Waals surface area contributed by atoms with E-state index in [2.05, 4.69) is 41.1 Å². The number of hydrogen-bond acceptors (Lipinski definition) is 11. The molecule has 1 saturated heterocycles. The zero-order chi connectivity index (χ0) is 36.2. The van der Waals surface area contributed by atoms with Gasteiger partial charge in [0.25, 0.3) is 5.91 Å². The Bertz CT molecular complexity index is 1930. The highest BCUT2D eigenvalue weighted by Gasteiger charge is 2.63. The van der Waals surface area contributed by atoms with Gasteiger partial charge in [-0.25, -0.2) is 13.4 Å². The second-order valence-corrected chi connectivity index (χ2v) is 18.7. The summed E-state index contributed by atoms with van der Waals surface area (Å²) in [4.78, 5) is 53.4. The lowest BCUT2D eigenvalue weighted by Gasteiger charge is -2.30. The maximum atomic E-state index is 14.6. The smallest absolute Gasteiger partial charge is 0.394 e. The third-order valence-electron chi connectivity index (χ3n) is 10.6. The molecule has 51 heavy (non-hydrogen) atoms. The summed E-state index contributed by atoms with van der Waals surface area (Å²) in [5.41, 5.74) is 0.459. The standard InChI is InChI=1S/C36H46N6O7S2/c1-34(2,3)28-21-50-32(39-28)37-25-14-9-7-5-6-8-12-22-19-36(22,31(45)41-51(46,47)35(4)16-17-35)40-29(43)26-18-23(20-42(26)30(25)44)48-33-38-24-13-10-11-15-27(24)49-33/h8,10-13,15,21-23,25-26H,5-7,9,14,16-20H2,1-4H3,(H,37,39)(H,40,43)(H,41,45)/b12-8-/t22-,23+,25-,26-,36+/m0/s1. The third-order valence-corrected chi connectivity index (χ3v) is 13.5. The van der Waals surface area contributed by atoms with E-state index in [1.807, 2.05) is 29.7 Å². The lowest BCUT2D eigenvalue weighted by molar-refractivity contribution is -0.140. The van der Waals surface area contributed by atoms with Crippen molar-refractivity contribution < 1.29 is 32.0 Å². The van der Waals surface area contributed by atoms with Gasteiger partial charge in [-0.1, -0.05) is 57.9 Å². The highest BCUT2D eigenvalue weighted by molar-refractivity contribution is 7.91. The van der Waals surface area contributed by atoms with Crippen LogP contribution in [0.2, 0.25) is 0 Å². The number of fused-ring (bicyclic) bond motifs is 3. The molecule has 13 nitrogen and oxygen atoms in total. The van der Waals surface area contributed by atoms with E-state index >= 15 is 0 Å². The van der Waals surface area contributed by atoms with Gasteiger partial charge in [0.2, 0.25) is 21.8 Å². The van der Waals surface area contributed by atoms with E-state index in [-0.39, 0.29) is 42.7 Å². The van der Waals surface area contributed by atoms with Crippen molar-refractivity contribution in [1.82, 2.24) is 24.9 Å². The number of nitrogens with one attached hydrogen (secondary N) is 3. The van der Waals surface area contributed by atoms with Crippen molar-refractivity contribution >= 4 is 55.3 Å². The number of amides is 3. The lowest BCUT2D eigenvalue weighted by atomic mass is 9.93. The first-order chi connectivity index (χ1) is 24.2. The van der Waals surface area contributed by atoms with Crippen LogP contribution in [0, 0.1) is 5.92 Å². The van der Waals surface area contributed by atoms with Gasteiger partial charge in [0, 0.05) is 23.1 Å². The number of thiazole rings is 1. The Balaban J connectivity index is 1.18. The molecule has 0 unspecified atom stereocenters. The van der Waals surface area contributed by atoms with Crippen molar-refractivity contribution in [3.05, 3.63) is 47.5 Å². The minimum Gasteiger partial charge on any atom is -0.445 e. The highest BCUT2D eigenvalue weighted by Crippen LogP contribution is 2.47. The minimum atomic E-state index is -3.95. The van der Waals surface area contributed by atoms with Crippen LogP contribution in [0.1, 0.15) is 91.2 Å². The van der Waals surface area contributed by atoms with Crippen LogP contribution in [0.5, 0.6) is 6.08 Å². The molecule has 3 aromatic rings. The van der Waals surface area contributed by atoms with Gasteiger partial charge < -0.3 is 24.7 Å². The summed E-state index contributed by atoms with van der Waals surface area (Å²) < 4.78 is 39.5. The minimum absolute atomic E-state index is 0.0333. The van der Waals surface area contributed by atoms with Crippen LogP contribution in [-0.2, 0) is 29.8 Å². The van der Waals surface area contributed by atoms with E-state index < -0.39 is 50.3 Å². The summed E-state index contributed by atoms with van der Waals surface area (Å²) in [7, 11) is -3.95. The predicted octanol–water partition coefficient (Wildman–Crippen LogP) is 4.80. The van der Waals surface area contributed by atoms with Crippen molar-refractivity contribution in [2.75, 3.05) is 11.9 Å². The number of rotatable bonds is 7. The normalized spacial score (nSPS) is 28.8. The number of aromatic nitrogens is 2. The summed E-state index contributed by atoms with van der Waals surface area (Å²) in [5, 5.41) is 8.92. The second-order valence-electron chi connectivity index (χ2n) is 15.6. The Morgan fingerprint density at radius 2 is 1.92 bits per heavy atom. The molecule has 7 rings (SSSR count). The molecule has 5 atom stereocenters. The topological polar surface area (TPSA) is 173 Å². The van der Waals surface area contributed by atoms with Gasteiger partial charge in [0.15, 0.2) is 10.7 Å². The summed E-state index contributed by atoms with van der Waals surface area (Å²) in [5.74, 6) is -1.97. The number of sulfonamides is 1. The monoisotopic (exact) mass is 738 g/mol. The Kier molecular flexibility index (Phi) is 9.18. The van der Waals surface area contributed by atoms with Gasteiger partial charge in [-0.3, -0.25) is 19.1 Å². The number of anilines is 1. The number of para-hydroxylation sites is 2. The number of nitrogens with zero attached hydrogens (tertiary/aromatic N) is 3. The fourth-order valence-corrected chi connectivity index (χ4v) is 9.13. The molecule has 1 aromatic carbocycles. The first-order valence-electron chi connectivity index (χ1n) is 17.8. The second kappa shape index (κ2) is 13.2. The fraction of sp³-hybridized carbons (Fsp3) is 0.583. The quantitative estimate of drug-likeness (QED) is 0.286. The van der Waals surface area contributed by atoms with Gasteiger partial charge in [-0.15, -0.1) is 11.3 Å². The number of ether oxygens (including phenoxy) is 1. The van der Waals surface area contributed by atoms with Crippen molar-refractivity contribution in [3.63, 3.8) is 0 Å². The predicted molar refractivity (Wildman–Crippen MR) is 193 cm³/mol. The van der Waals surface area contributed by atoms with Gasteiger partial charge in [0.1, 0.15) is 29.2 Å². The Morgan fingerprint density at radius 3 is 2.65 bits per heavy atom. The molecular formula is C36H46N6O7S2. The number of allylic oxidation sites excluding steroid dienone is 1. The first kappa shape index (κ1) is 35.4. The molecule has 0 bridgehead atoms. The maximum absolute atomic E-state index is 14.6. The van der Waals surface area contributed by atoms with Crippen LogP contribution < -0.4 is 20.1 Å². The molecule has 2 aromatic heterocycles. The molecule has 3 N–H and O–H groups in total. The largest absolute Gasteiger partial charge is 0.445 e. The molecule has 0 spiro atoms. The number of carbonyl (C=O) groups is 3. The molecule has 2 saturated carbocycles. The summed E-state index contributed by atoms with van der Waals surface area (Å²) in [6.07, 6.45) is 8.40. The van der Waals surface area contributed by atoms with Crippen molar-refractivity contribution in [1.29, 1.82) is 0 Å². The maximum Gasteiger partial charge on any atom is 0.394 e. The van der Waals surface area contributed by atoms with Crippen molar-refractivity contribution in [2.45, 2.75) is 119 Å². The first-order valence-corrected chi connectivity index (χ1v) is 20.1. The Morgan fingerprint density at radius 1 is 1.14 bits per heavy atom. The van der Waals surface area contributed by atoms with Crippen LogP contribution in [-0.4, -0.2) is 76.0 Å². The number of hydrogen-bond donors (Lipinski definition) is 3. The van der Waals surface area contributed by atoms with Crippen molar-refractivity contribution in [2.24, 2.45) is 5.92 Å². The van der Waals surface area contributed by atoms with Crippen molar-refractivity contribution in [3.8, 4) is 6.08 Å². The number of benzene rings is 1. The summed E-state index contributed by atoms with van der Waals surface area (Å²) in [6, 6.07) is 5.57. The fourth-order valence-electron chi connectivity index (χ4n) is 6.82. The van der Waals surface area contributed by atoms with Crippen LogP contribution in [0.3, 0.4) is 0 Å². The molecule has 4 aliphatic rings. The van der Waals surface area contributed by atoms with Gasteiger partial charge in [-0.2, -0.15) is 4.98 Å². The van der Waals surface area contributed by atoms with E-state index in [4.69, 9.17) is 14.1 Å². The molecule has 2 aliphatic carbocycles. The zero-order valence-electron chi connectivity index (χ0n) is 29.4. The molecule has 3 amide bonds. The molecule has 15 heteroatoms. The van der Waals surface area contributed by atoms with Gasteiger partial charge >= 0.3 is 6.08 Å². The molecule has 4 heterocycles. The van der Waals surface area contributed by atoms with E-state index in [0.29, 0.717) is 35.5 Å². The average Bonchev–Trinajstić information content (AvgIpc) is 3.73. The molecule has 2 aliphatic heterocycles. The molecule has 274 valence electrons. The molecule has 3 fully saturated rings. The number of oxazole rings is 1. The average molecular weight is 739 g/mol. The summed E-state index contributed by atoms with van der Waals surface area (Å²) in [6.45, 7) is 7.93. The highest BCUT2D eigenvalue weighted by atomic mass is 32.2. The Labute approximate surface area is 302 Å². The summed E-state index contributed by atoms with van der Waals surface area (Å²) >= 11 is 1.44. The van der Waals surface area contributed by atoms with E-state index in [1.165, 1.54) is 16.2 Å². The van der Waals surface area contributed by atoms with E-state index in [1.54, 1.807) is 19.1 Å². The number of carbonyl (C=O) groups excluding carboxylic acids is 3. The van der Waals surface area contributed by atoms with Crippen LogP contribution in [0.25, 0.3) is 11.1 Å². The lowest BCUT2D eigenvalue weighted by Crippen LogP contribution is -2.58. The zero-order valence-corrected chi connectivity index (χ0v) is 31.1.